The lowest BCUT2D eigenvalue weighted by Gasteiger charge is -2.27. The Hall–Kier alpha value is -2.80. The van der Waals surface area contributed by atoms with Crippen LogP contribution in [0.5, 0.6) is 5.75 Å². The third-order valence-electron chi connectivity index (χ3n) is 5.27. The number of ether oxygens (including phenoxy) is 1. The Kier molecular flexibility index (Phi) is 4.62. The Morgan fingerprint density at radius 2 is 1.69 bits per heavy atom. The second-order valence-corrected chi connectivity index (χ2v) is 7.06. The van der Waals surface area contributed by atoms with Gasteiger partial charge < -0.3 is 4.74 Å². The summed E-state index contributed by atoms with van der Waals surface area (Å²) in [6.07, 6.45) is 4.55. The zero-order valence-electron chi connectivity index (χ0n) is 15.4. The summed E-state index contributed by atoms with van der Waals surface area (Å²) in [6, 6.07) is 26.1. The first-order valence-electron chi connectivity index (χ1n) is 9.24. The molecule has 130 valence electrons. The number of hydrogen-bond acceptors (Lipinski definition) is 1. The molecule has 1 atom stereocenters. The zero-order valence-corrected chi connectivity index (χ0v) is 15.4. The van der Waals surface area contributed by atoms with Crippen LogP contribution in [-0.2, 0) is 6.42 Å². The molecule has 1 heteroatoms. The molecule has 0 aromatic heterocycles. The Balaban J connectivity index is 1.68. The van der Waals surface area contributed by atoms with Gasteiger partial charge in [-0.05, 0) is 65.6 Å². The second kappa shape index (κ2) is 7.21. The quantitative estimate of drug-likeness (QED) is 0.552. The number of aryl methyl sites for hydroxylation is 1. The van der Waals surface area contributed by atoms with Crippen molar-refractivity contribution in [1.29, 1.82) is 0 Å². The zero-order chi connectivity index (χ0) is 17.9. The highest BCUT2D eigenvalue weighted by atomic mass is 16.5. The molecule has 1 aliphatic carbocycles. The molecule has 3 aromatic rings. The van der Waals surface area contributed by atoms with Crippen molar-refractivity contribution < 1.29 is 4.74 Å². The minimum atomic E-state index is 0.519. The highest BCUT2D eigenvalue weighted by molar-refractivity contribution is 5.83. The maximum Gasteiger partial charge on any atom is 0.118 e. The van der Waals surface area contributed by atoms with E-state index < -0.39 is 0 Å². The van der Waals surface area contributed by atoms with Gasteiger partial charge in [-0.2, -0.15) is 0 Å². The highest BCUT2D eigenvalue weighted by Gasteiger charge is 2.22. The smallest absolute Gasteiger partial charge is 0.118 e. The van der Waals surface area contributed by atoms with Crippen molar-refractivity contribution in [3.63, 3.8) is 0 Å². The molecule has 26 heavy (non-hydrogen) atoms. The van der Waals surface area contributed by atoms with Crippen LogP contribution in [-0.4, -0.2) is 7.11 Å². The van der Waals surface area contributed by atoms with Crippen molar-refractivity contribution >= 4 is 5.57 Å². The molecule has 0 bridgehead atoms. The molecule has 0 spiro atoms. The Bertz CT molecular complexity index is 920. The minimum absolute atomic E-state index is 0.519. The van der Waals surface area contributed by atoms with Crippen LogP contribution >= 0.6 is 0 Å². The monoisotopic (exact) mass is 340 g/mol. The van der Waals surface area contributed by atoms with Crippen LogP contribution < -0.4 is 4.74 Å². The Labute approximate surface area is 156 Å². The summed E-state index contributed by atoms with van der Waals surface area (Å²) >= 11 is 0. The van der Waals surface area contributed by atoms with E-state index in [2.05, 4.69) is 85.8 Å². The van der Waals surface area contributed by atoms with E-state index in [-0.39, 0.29) is 0 Å². The van der Waals surface area contributed by atoms with Crippen molar-refractivity contribution in [2.45, 2.75) is 25.7 Å². The normalized spacial score (nSPS) is 15.9. The van der Waals surface area contributed by atoms with Crippen LogP contribution in [0.2, 0.25) is 0 Å². The first-order chi connectivity index (χ1) is 12.7. The van der Waals surface area contributed by atoms with Gasteiger partial charge in [0.1, 0.15) is 5.75 Å². The average molecular weight is 340 g/mol. The first-order valence-corrected chi connectivity index (χ1v) is 9.24. The summed E-state index contributed by atoms with van der Waals surface area (Å²) in [5, 5.41) is 0. The average Bonchev–Trinajstić information content (AvgIpc) is 2.69. The number of allylic oxidation sites excluding steroid dienone is 1. The Morgan fingerprint density at radius 3 is 2.42 bits per heavy atom. The van der Waals surface area contributed by atoms with Crippen molar-refractivity contribution in [2.75, 3.05) is 7.11 Å². The molecule has 3 aromatic carbocycles. The van der Waals surface area contributed by atoms with Crippen LogP contribution in [0.25, 0.3) is 5.57 Å². The number of fused-ring (bicyclic) bond motifs is 1. The number of methoxy groups -OCH3 is 1. The van der Waals surface area contributed by atoms with Gasteiger partial charge in [-0.25, -0.2) is 0 Å². The molecule has 0 heterocycles. The van der Waals surface area contributed by atoms with Crippen LogP contribution in [0.4, 0.5) is 0 Å². The predicted octanol–water partition coefficient (Wildman–Crippen LogP) is 6.17. The van der Waals surface area contributed by atoms with Gasteiger partial charge in [-0.1, -0.05) is 72.3 Å². The molecule has 1 unspecified atom stereocenters. The number of benzene rings is 3. The van der Waals surface area contributed by atoms with Crippen LogP contribution in [0.3, 0.4) is 0 Å². The summed E-state index contributed by atoms with van der Waals surface area (Å²) in [7, 11) is 1.71. The van der Waals surface area contributed by atoms with Crippen molar-refractivity contribution in [1.82, 2.24) is 0 Å². The van der Waals surface area contributed by atoms with E-state index in [1.165, 1.54) is 33.4 Å². The topological polar surface area (TPSA) is 9.23 Å². The molecular formula is C25H24O. The lowest BCUT2D eigenvalue weighted by molar-refractivity contribution is 0.414. The molecule has 0 saturated heterocycles. The van der Waals surface area contributed by atoms with E-state index in [0.29, 0.717) is 5.92 Å². The molecule has 4 rings (SSSR count). The van der Waals surface area contributed by atoms with Crippen molar-refractivity contribution in [2.24, 2.45) is 0 Å². The maximum absolute atomic E-state index is 5.28. The molecule has 0 fully saturated rings. The summed E-state index contributed by atoms with van der Waals surface area (Å²) < 4.78 is 5.28. The van der Waals surface area contributed by atoms with Crippen molar-refractivity contribution in [3.05, 3.63) is 107 Å². The molecule has 1 aliphatic rings. The van der Waals surface area contributed by atoms with Crippen molar-refractivity contribution in [3.8, 4) is 5.75 Å². The molecule has 1 nitrogen and oxygen atoms in total. The third-order valence-corrected chi connectivity index (χ3v) is 5.27. The molecule has 0 amide bonds. The summed E-state index contributed by atoms with van der Waals surface area (Å²) in [5.41, 5.74) is 8.22. The van der Waals surface area contributed by atoms with Crippen LogP contribution in [0.15, 0.2) is 78.9 Å². The van der Waals surface area contributed by atoms with E-state index in [0.717, 1.165) is 18.6 Å². The van der Waals surface area contributed by atoms with E-state index in [4.69, 9.17) is 4.74 Å². The molecule has 0 aliphatic heterocycles. The van der Waals surface area contributed by atoms with Gasteiger partial charge in [0.15, 0.2) is 0 Å². The van der Waals surface area contributed by atoms with E-state index in [1.807, 2.05) is 0 Å². The molecule has 0 N–H and O–H groups in total. The Morgan fingerprint density at radius 1 is 0.923 bits per heavy atom. The third kappa shape index (κ3) is 3.30. The highest BCUT2D eigenvalue weighted by Crippen LogP contribution is 2.39. The van der Waals surface area contributed by atoms with E-state index in [1.54, 1.807) is 7.11 Å². The van der Waals surface area contributed by atoms with Gasteiger partial charge in [0, 0.05) is 0 Å². The fourth-order valence-corrected chi connectivity index (χ4v) is 3.89. The van der Waals surface area contributed by atoms with Gasteiger partial charge in [0.25, 0.3) is 0 Å². The summed E-state index contributed by atoms with van der Waals surface area (Å²) in [5.74, 6) is 1.44. The lowest BCUT2D eigenvalue weighted by Crippen LogP contribution is -2.11. The maximum atomic E-state index is 5.28. The number of hydrogen-bond donors (Lipinski definition) is 0. The molecule has 0 saturated carbocycles. The summed E-state index contributed by atoms with van der Waals surface area (Å²) in [6.45, 7) is 2.19. The molecule has 0 radical (unpaired) electrons. The van der Waals surface area contributed by atoms with Crippen LogP contribution in [0, 0.1) is 6.92 Å². The van der Waals surface area contributed by atoms with E-state index in [9.17, 15) is 0 Å². The van der Waals surface area contributed by atoms with Gasteiger partial charge in [-0.15, -0.1) is 0 Å². The standard InChI is InChI=1S/C25H24O/c1-18-8-14-24-23(20-6-4-3-5-7-20)15-11-21(25(24)16-18)17-19-9-12-22(26-2)13-10-19/h3-10,12-16,21H,11,17H2,1-2H3. The lowest BCUT2D eigenvalue weighted by atomic mass is 9.77. The first kappa shape index (κ1) is 16.7. The van der Waals surface area contributed by atoms with E-state index >= 15 is 0 Å². The minimum Gasteiger partial charge on any atom is -0.497 e. The SMILES string of the molecule is COc1ccc(CC2CC=C(c3ccccc3)c3ccc(C)cc32)cc1. The second-order valence-electron chi connectivity index (χ2n) is 7.06. The largest absolute Gasteiger partial charge is 0.497 e. The fraction of sp³-hybridized carbons (Fsp3) is 0.200. The molecular weight excluding hydrogens is 316 g/mol. The summed E-state index contributed by atoms with van der Waals surface area (Å²) in [4.78, 5) is 0. The van der Waals surface area contributed by atoms with Crippen LogP contribution in [0.1, 0.15) is 40.2 Å². The van der Waals surface area contributed by atoms with Gasteiger partial charge in [0.05, 0.1) is 7.11 Å². The fourth-order valence-electron chi connectivity index (χ4n) is 3.89. The number of rotatable bonds is 4. The predicted molar refractivity (Wildman–Crippen MR) is 109 cm³/mol. The van der Waals surface area contributed by atoms with Gasteiger partial charge >= 0.3 is 0 Å². The van der Waals surface area contributed by atoms with Gasteiger partial charge in [-0.3, -0.25) is 0 Å². The van der Waals surface area contributed by atoms with Gasteiger partial charge in [0.2, 0.25) is 0 Å².